The summed E-state index contributed by atoms with van der Waals surface area (Å²) >= 11 is 0. The van der Waals surface area contributed by atoms with Gasteiger partial charge in [0, 0.05) is 5.56 Å². The molecule has 0 fully saturated rings. The average molecular weight is 232 g/mol. The van der Waals surface area contributed by atoms with Crippen molar-refractivity contribution >= 4 is 13.3 Å². The average Bonchev–Trinajstić information content (AvgIpc) is 2.13. The van der Waals surface area contributed by atoms with Crippen LogP contribution in [0.2, 0.25) is 19.6 Å². The molecule has 1 aliphatic heterocycles. The molecule has 86 valence electrons. The van der Waals surface area contributed by atoms with Crippen molar-refractivity contribution < 1.29 is 4.74 Å². The molecule has 2 heteroatoms. The maximum absolute atomic E-state index is 5.99. The zero-order valence-corrected chi connectivity index (χ0v) is 11.8. The monoisotopic (exact) mass is 232 g/mol. The normalized spacial score (nSPS) is 18.4. The summed E-state index contributed by atoms with van der Waals surface area (Å²) in [5, 5.41) is 1.51. The quantitative estimate of drug-likeness (QED) is 0.662. The van der Waals surface area contributed by atoms with Crippen LogP contribution in [0, 0.1) is 0 Å². The van der Waals surface area contributed by atoms with Crippen molar-refractivity contribution in [1.82, 2.24) is 0 Å². The second-order valence-corrected chi connectivity index (χ2v) is 11.0. The summed E-state index contributed by atoms with van der Waals surface area (Å²) in [4.78, 5) is 0. The highest BCUT2D eigenvalue weighted by Crippen LogP contribution is 2.39. The molecule has 0 spiro atoms. The van der Waals surface area contributed by atoms with Gasteiger partial charge >= 0.3 is 0 Å². The van der Waals surface area contributed by atoms with E-state index in [0.717, 1.165) is 5.75 Å². The van der Waals surface area contributed by atoms with Gasteiger partial charge in [0.1, 0.15) is 11.4 Å². The minimum Gasteiger partial charge on any atom is -0.483 e. The first-order valence-corrected chi connectivity index (χ1v) is 9.31. The third-order valence-electron chi connectivity index (χ3n) is 2.85. The summed E-state index contributed by atoms with van der Waals surface area (Å²) in [5.41, 5.74) is 1.12. The van der Waals surface area contributed by atoms with Crippen LogP contribution in [0.25, 0.3) is 5.20 Å². The molecule has 0 bridgehead atoms. The minimum absolute atomic E-state index is 0.177. The molecular weight excluding hydrogens is 212 g/mol. The van der Waals surface area contributed by atoms with Gasteiger partial charge in [-0.2, -0.15) is 0 Å². The van der Waals surface area contributed by atoms with Crippen LogP contribution in [-0.2, 0) is 0 Å². The number of benzene rings is 1. The van der Waals surface area contributed by atoms with E-state index in [4.69, 9.17) is 4.74 Å². The number of fused-ring (bicyclic) bond motifs is 1. The first kappa shape index (κ1) is 11.5. The van der Waals surface area contributed by atoms with Gasteiger partial charge in [-0.3, -0.25) is 0 Å². The van der Waals surface area contributed by atoms with Gasteiger partial charge in [-0.05, 0) is 31.2 Å². The van der Waals surface area contributed by atoms with Gasteiger partial charge in [-0.1, -0.05) is 37.8 Å². The van der Waals surface area contributed by atoms with Crippen LogP contribution >= 0.6 is 0 Å². The van der Waals surface area contributed by atoms with Crippen LogP contribution < -0.4 is 4.74 Å². The molecule has 1 heterocycles. The van der Waals surface area contributed by atoms with Gasteiger partial charge in [0.25, 0.3) is 0 Å². The molecule has 0 saturated carbocycles. The van der Waals surface area contributed by atoms with E-state index in [1.165, 1.54) is 10.8 Å². The van der Waals surface area contributed by atoms with Crippen molar-refractivity contribution in [2.45, 2.75) is 39.1 Å². The Kier molecular flexibility index (Phi) is 2.50. The van der Waals surface area contributed by atoms with Crippen molar-refractivity contribution in [3.8, 4) is 5.75 Å². The molecule has 1 aromatic rings. The Morgan fingerprint density at radius 3 is 2.31 bits per heavy atom. The fourth-order valence-electron chi connectivity index (χ4n) is 2.14. The van der Waals surface area contributed by atoms with E-state index >= 15 is 0 Å². The molecule has 0 unspecified atom stereocenters. The molecule has 1 nitrogen and oxygen atoms in total. The number of hydrogen-bond acceptors (Lipinski definition) is 1. The Morgan fingerprint density at radius 2 is 1.69 bits per heavy atom. The van der Waals surface area contributed by atoms with Crippen molar-refractivity contribution in [2.75, 3.05) is 0 Å². The molecule has 1 aliphatic rings. The molecule has 0 amide bonds. The molecule has 1 aromatic carbocycles. The SMILES string of the molecule is CC1(C)C=C([Si](C)(C)C)c2ccccc2O1. The highest BCUT2D eigenvalue weighted by atomic mass is 28.3. The van der Waals surface area contributed by atoms with Crippen LogP contribution in [0.5, 0.6) is 5.75 Å². The summed E-state index contributed by atoms with van der Waals surface area (Å²) in [5.74, 6) is 1.03. The molecule has 0 N–H and O–H groups in total. The van der Waals surface area contributed by atoms with Crippen molar-refractivity contribution in [3.05, 3.63) is 35.9 Å². The Balaban J connectivity index is 2.61. The Hall–Kier alpha value is -1.02. The van der Waals surface area contributed by atoms with Crippen molar-refractivity contribution in [2.24, 2.45) is 0 Å². The lowest BCUT2D eigenvalue weighted by Crippen LogP contribution is -2.34. The maximum atomic E-state index is 5.99. The number of hydrogen-bond donors (Lipinski definition) is 0. The summed E-state index contributed by atoms with van der Waals surface area (Å²) in [7, 11) is -1.32. The highest BCUT2D eigenvalue weighted by molar-refractivity contribution is 6.93. The van der Waals surface area contributed by atoms with E-state index in [1.807, 2.05) is 6.07 Å². The lowest BCUT2D eigenvalue weighted by molar-refractivity contribution is 0.158. The van der Waals surface area contributed by atoms with Crippen LogP contribution in [0.15, 0.2) is 30.3 Å². The summed E-state index contributed by atoms with van der Waals surface area (Å²) < 4.78 is 5.99. The third kappa shape index (κ3) is 2.07. The molecule has 0 atom stereocenters. The van der Waals surface area contributed by atoms with E-state index in [0.29, 0.717) is 0 Å². The Labute approximate surface area is 99.2 Å². The molecule has 2 rings (SSSR count). The summed E-state index contributed by atoms with van der Waals surface area (Å²) in [6.45, 7) is 11.4. The van der Waals surface area contributed by atoms with Gasteiger partial charge in [-0.25, -0.2) is 0 Å². The molecule has 0 aliphatic carbocycles. The van der Waals surface area contributed by atoms with Crippen LogP contribution in [0.3, 0.4) is 0 Å². The van der Waals surface area contributed by atoms with E-state index < -0.39 is 8.07 Å². The van der Waals surface area contributed by atoms with Gasteiger partial charge in [0.05, 0.1) is 8.07 Å². The summed E-state index contributed by atoms with van der Waals surface area (Å²) in [6, 6.07) is 8.38. The lowest BCUT2D eigenvalue weighted by atomic mass is 10.0. The van der Waals surface area contributed by atoms with Gasteiger partial charge in [0.15, 0.2) is 0 Å². The lowest BCUT2D eigenvalue weighted by Gasteiger charge is -2.35. The predicted octanol–water partition coefficient (Wildman–Crippen LogP) is 4.12. The second-order valence-electron chi connectivity index (χ2n) is 6.01. The predicted molar refractivity (Wildman–Crippen MR) is 72.5 cm³/mol. The van der Waals surface area contributed by atoms with Crippen LogP contribution in [0.1, 0.15) is 19.4 Å². The Morgan fingerprint density at radius 1 is 1.06 bits per heavy atom. The van der Waals surface area contributed by atoms with Gasteiger partial charge < -0.3 is 4.74 Å². The largest absolute Gasteiger partial charge is 0.483 e. The summed E-state index contributed by atoms with van der Waals surface area (Å²) in [6.07, 6.45) is 2.31. The second kappa shape index (κ2) is 3.49. The van der Waals surface area contributed by atoms with Crippen LogP contribution in [0.4, 0.5) is 0 Å². The van der Waals surface area contributed by atoms with E-state index in [1.54, 1.807) is 0 Å². The third-order valence-corrected chi connectivity index (χ3v) is 4.88. The molecule has 0 radical (unpaired) electrons. The first-order valence-electron chi connectivity index (χ1n) is 5.81. The molecule has 0 aromatic heterocycles. The van der Waals surface area contributed by atoms with Crippen molar-refractivity contribution in [1.29, 1.82) is 0 Å². The number of para-hydroxylation sites is 1. The van der Waals surface area contributed by atoms with E-state index in [-0.39, 0.29) is 5.60 Å². The molecule has 0 saturated heterocycles. The van der Waals surface area contributed by atoms with Crippen molar-refractivity contribution in [3.63, 3.8) is 0 Å². The van der Waals surface area contributed by atoms with Gasteiger partial charge in [0.2, 0.25) is 0 Å². The smallest absolute Gasteiger partial charge is 0.127 e. The fourth-order valence-corrected chi connectivity index (χ4v) is 3.93. The fraction of sp³-hybridized carbons (Fsp3) is 0.429. The highest BCUT2D eigenvalue weighted by Gasteiger charge is 2.32. The van der Waals surface area contributed by atoms with Crippen LogP contribution in [-0.4, -0.2) is 13.7 Å². The zero-order chi connectivity index (χ0) is 12.0. The molecular formula is C14H20OSi. The Bertz CT molecular complexity index is 438. The molecule has 16 heavy (non-hydrogen) atoms. The minimum atomic E-state index is -1.32. The topological polar surface area (TPSA) is 9.23 Å². The number of rotatable bonds is 1. The maximum Gasteiger partial charge on any atom is 0.127 e. The first-order chi connectivity index (χ1) is 7.30. The standard InChI is InChI=1S/C14H20OSi/c1-14(2)10-13(16(3,4)5)11-8-6-7-9-12(11)15-14/h6-10H,1-5H3. The zero-order valence-electron chi connectivity index (χ0n) is 10.8. The number of ether oxygens (including phenoxy) is 1. The van der Waals surface area contributed by atoms with E-state index in [2.05, 4.69) is 57.8 Å². The van der Waals surface area contributed by atoms with E-state index in [9.17, 15) is 0 Å². The van der Waals surface area contributed by atoms with Gasteiger partial charge in [-0.15, -0.1) is 0 Å².